The number of hydrogen-bond acceptors (Lipinski definition) is 2. The lowest BCUT2D eigenvalue weighted by Gasteiger charge is -1.93. The topological polar surface area (TPSA) is 63.3 Å². The van der Waals surface area contributed by atoms with Crippen molar-refractivity contribution in [3.63, 3.8) is 0 Å². The maximum absolute atomic E-state index is 10.00. The van der Waals surface area contributed by atoms with Crippen molar-refractivity contribution in [2.75, 3.05) is 6.16 Å². The molecular weight excluding hydrogens is 125 g/mol. The van der Waals surface area contributed by atoms with Gasteiger partial charge >= 0.3 is 8.03 Å². The molecule has 0 heterocycles. The van der Waals surface area contributed by atoms with Crippen LogP contribution in [-0.4, -0.2) is 17.1 Å². The summed E-state index contributed by atoms with van der Waals surface area (Å²) in [4.78, 5) is 8.25. The molecule has 4 heteroatoms. The Balaban J connectivity index is 3.05. The van der Waals surface area contributed by atoms with Crippen molar-refractivity contribution in [3.05, 3.63) is 0 Å². The molecule has 3 N–H and O–H groups in total. The Morgan fingerprint density at radius 3 is 2.50 bits per heavy atom. The van der Waals surface area contributed by atoms with Crippen LogP contribution >= 0.6 is 8.03 Å². The second-order valence-corrected chi connectivity index (χ2v) is 2.99. The fraction of sp³-hybridized carbons (Fsp3) is 1.00. The number of hydrogen-bond donors (Lipinski definition) is 2. The van der Waals surface area contributed by atoms with Crippen LogP contribution in [0.2, 0.25) is 0 Å². The molecule has 0 aliphatic rings. The Hall–Kier alpha value is 0.0200. The number of rotatable bonds is 3. The lowest BCUT2D eigenvalue weighted by molar-refractivity contribution is 0.498. The fourth-order valence-electron chi connectivity index (χ4n) is 0.314. The van der Waals surface area contributed by atoms with Crippen molar-refractivity contribution in [1.29, 1.82) is 0 Å². The summed E-state index contributed by atoms with van der Waals surface area (Å²) in [6.45, 7) is 1.82. The van der Waals surface area contributed by atoms with E-state index in [1.54, 1.807) is 0 Å². The van der Waals surface area contributed by atoms with E-state index in [0.717, 1.165) is 0 Å². The molecule has 0 aliphatic carbocycles. The Morgan fingerprint density at radius 1 is 1.88 bits per heavy atom. The van der Waals surface area contributed by atoms with E-state index in [-0.39, 0.29) is 6.04 Å². The van der Waals surface area contributed by atoms with E-state index >= 15 is 0 Å². The Bertz CT molecular complexity index is 84.1. The van der Waals surface area contributed by atoms with E-state index in [2.05, 4.69) is 0 Å². The SMILES string of the molecule is CC(N)CC[P+](=O)O. The molecule has 0 bridgehead atoms. The molecule has 0 aromatic carbocycles. The first-order chi connectivity index (χ1) is 3.63. The van der Waals surface area contributed by atoms with Crippen LogP contribution in [0, 0.1) is 0 Å². The van der Waals surface area contributed by atoms with Gasteiger partial charge in [-0.05, 0) is 11.5 Å². The van der Waals surface area contributed by atoms with Crippen LogP contribution in [-0.2, 0) is 4.57 Å². The summed E-state index contributed by atoms with van der Waals surface area (Å²) in [6.07, 6.45) is 0.957. The zero-order valence-electron chi connectivity index (χ0n) is 4.87. The lowest BCUT2D eigenvalue weighted by Crippen LogP contribution is -2.15. The Labute approximate surface area is 49.8 Å². The first-order valence-corrected chi connectivity index (χ1v) is 3.92. The second kappa shape index (κ2) is 3.96. The van der Waals surface area contributed by atoms with Gasteiger partial charge in [0.15, 0.2) is 6.16 Å². The average molecular weight is 136 g/mol. The molecule has 0 fully saturated rings. The molecule has 8 heavy (non-hydrogen) atoms. The zero-order valence-corrected chi connectivity index (χ0v) is 5.77. The molecule has 2 atom stereocenters. The normalized spacial score (nSPS) is 15.6. The van der Waals surface area contributed by atoms with Crippen molar-refractivity contribution in [3.8, 4) is 0 Å². The summed E-state index contributed by atoms with van der Waals surface area (Å²) in [7, 11) is -1.96. The van der Waals surface area contributed by atoms with Crippen molar-refractivity contribution in [2.24, 2.45) is 5.73 Å². The molecule has 0 saturated carbocycles. The molecule has 3 nitrogen and oxygen atoms in total. The third kappa shape index (κ3) is 6.02. The first-order valence-electron chi connectivity index (χ1n) is 2.52. The molecule has 0 radical (unpaired) electrons. The minimum atomic E-state index is -1.96. The maximum Gasteiger partial charge on any atom is 0.505 e. The van der Waals surface area contributed by atoms with Crippen LogP contribution in [0.5, 0.6) is 0 Å². The van der Waals surface area contributed by atoms with Crippen molar-refractivity contribution < 1.29 is 9.46 Å². The molecule has 0 amide bonds. The summed E-state index contributed by atoms with van der Waals surface area (Å²) in [5.74, 6) is 0. The van der Waals surface area contributed by atoms with E-state index in [1.165, 1.54) is 0 Å². The summed E-state index contributed by atoms with van der Waals surface area (Å²) in [5.41, 5.74) is 5.30. The van der Waals surface area contributed by atoms with Crippen molar-refractivity contribution in [1.82, 2.24) is 0 Å². The van der Waals surface area contributed by atoms with Gasteiger partial charge in [0.1, 0.15) is 0 Å². The molecule has 48 valence electrons. The molecule has 0 saturated heterocycles. The second-order valence-electron chi connectivity index (χ2n) is 1.84. The lowest BCUT2D eigenvalue weighted by atomic mass is 10.3. The van der Waals surface area contributed by atoms with Crippen LogP contribution in [0.3, 0.4) is 0 Å². The van der Waals surface area contributed by atoms with Crippen LogP contribution < -0.4 is 5.73 Å². The third-order valence-electron chi connectivity index (χ3n) is 0.776. The summed E-state index contributed by atoms with van der Waals surface area (Å²) in [6, 6.07) is 0.0427. The molecule has 2 unspecified atom stereocenters. The third-order valence-corrected chi connectivity index (χ3v) is 1.42. The minimum absolute atomic E-state index is 0.0427. The molecule has 0 aromatic rings. The predicted molar refractivity (Wildman–Crippen MR) is 33.0 cm³/mol. The van der Waals surface area contributed by atoms with Gasteiger partial charge < -0.3 is 5.73 Å². The van der Waals surface area contributed by atoms with Gasteiger partial charge in [0.25, 0.3) is 0 Å². The van der Waals surface area contributed by atoms with Gasteiger partial charge in [-0.2, -0.15) is 4.89 Å². The first kappa shape index (κ1) is 8.02. The van der Waals surface area contributed by atoms with Crippen LogP contribution in [0.4, 0.5) is 0 Å². The molecule has 0 rings (SSSR count). The largest absolute Gasteiger partial charge is 0.505 e. The number of nitrogens with two attached hydrogens (primary N) is 1. The highest BCUT2D eigenvalue weighted by molar-refractivity contribution is 7.37. The highest BCUT2D eigenvalue weighted by Crippen LogP contribution is 2.13. The summed E-state index contributed by atoms with van der Waals surface area (Å²) in [5, 5.41) is 0. The van der Waals surface area contributed by atoms with Crippen LogP contribution in [0.1, 0.15) is 13.3 Å². The van der Waals surface area contributed by atoms with E-state index in [9.17, 15) is 4.57 Å². The summed E-state index contributed by atoms with van der Waals surface area (Å²) < 4.78 is 10.00. The van der Waals surface area contributed by atoms with Gasteiger partial charge in [0.2, 0.25) is 0 Å². The van der Waals surface area contributed by atoms with Gasteiger partial charge in [-0.15, -0.1) is 0 Å². The quantitative estimate of drug-likeness (QED) is 0.554. The van der Waals surface area contributed by atoms with Crippen molar-refractivity contribution in [2.45, 2.75) is 19.4 Å². The predicted octanol–water partition coefficient (Wildman–Crippen LogP) is 0.458. The highest BCUT2D eigenvalue weighted by Gasteiger charge is 2.09. The van der Waals surface area contributed by atoms with Gasteiger partial charge in [0, 0.05) is 12.5 Å². The van der Waals surface area contributed by atoms with E-state index in [0.29, 0.717) is 12.6 Å². The van der Waals surface area contributed by atoms with E-state index in [1.807, 2.05) is 6.92 Å². The van der Waals surface area contributed by atoms with Gasteiger partial charge in [-0.25, -0.2) is 0 Å². The van der Waals surface area contributed by atoms with Gasteiger partial charge in [0.05, 0.1) is 0 Å². The zero-order chi connectivity index (χ0) is 6.57. The van der Waals surface area contributed by atoms with Crippen LogP contribution in [0.25, 0.3) is 0 Å². The monoisotopic (exact) mass is 136 g/mol. The van der Waals surface area contributed by atoms with Crippen molar-refractivity contribution >= 4 is 8.03 Å². The van der Waals surface area contributed by atoms with Crippen LogP contribution in [0.15, 0.2) is 0 Å². The van der Waals surface area contributed by atoms with E-state index in [4.69, 9.17) is 10.6 Å². The minimum Gasteiger partial charge on any atom is -0.328 e. The Kier molecular flexibility index (Phi) is 3.97. The summed E-state index contributed by atoms with van der Waals surface area (Å²) >= 11 is 0. The van der Waals surface area contributed by atoms with E-state index < -0.39 is 8.03 Å². The fourth-order valence-corrected chi connectivity index (χ4v) is 0.942. The Morgan fingerprint density at radius 2 is 2.38 bits per heavy atom. The molecule has 0 aromatic heterocycles. The smallest absolute Gasteiger partial charge is 0.328 e. The maximum atomic E-state index is 10.00. The van der Waals surface area contributed by atoms with Gasteiger partial charge in [-0.3, -0.25) is 0 Å². The molecule has 0 spiro atoms. The molecular formula is C4H11NO2P+. The molecule has 0 aliphatic heterocycles. The standard InChI is InChI=1S/C4H10NO2P/c1-4(5)2-3-8(6)7/h4H,2-3,5H2,1H3/p+1. The average Bonchev–Trinajstić information content (AvgIpc) is 1.61. The van der Waals surface area contributed by atoms with Gasteiger partial charge in [-0.1, -0.05) is 0 Å². The highest BCUT2D eigenvalue weighted by atomic mass is 31.1.